The summed E-state index contributed by atoms with van der Waals surface area (Å²) in [6, 6.07) is 12.5. The lowest BCUT2D eigenvalue weighted by molar-refractivity contribution is -0.123. The highest BCUT2D eigenvalue weighted by Gasteiger charge is 2.04. The van der Waals surface area contributed by atoms with Crippen LogP contribution in [0.25, 0.3) is 0 Å². The molecule has 0 aliphatic carbocycles. The number of aryl methyl sites for hydroxylation is 1. The van der Waals surface area contributed by atoms with Crippen LogP contribution in [0.5, 0.6) is 11.5 Å². The van der Waals surface area contributed by atoms with E-state index in [1.807, 2.05) is 31.2 Å². The number of nitrogens with one attached hydrogen (secondary N) is 1. The van der Waals surface area contributed by atoms with Gasteiger partial charge >= 0.3 is 0 Å². The molecule has 2 aromatic carbocycles. The van der Waals surface area contributed by atoms with E-state index in [4.69, 9.17) is 21.1 Å². The van der Waals surface area contributed by atoms with E-state index in [0.717, 1.165) is 16.9 Å². The Labute approximate surface area is 139 Å². The zero-order valence-electron chi connectivity index (χ0n) is 12.9. The number of nitrogens with zero attached hydrogens (tertiary/aromatic N) is 1. The minimum Gasteiger partial charge on any atom is -0.497 e. The van der Waals surface area contributed by atoms with Crippen LogP contribution in [0, 0.1) is 6.92 Å². The van der Waals surface area contributed by atoms with Crippen molar-refractivity contribution < 1.29 is 14.3 Å². The summed E-state index contributed by atoms with van der Waals surface area (Å²) in [5.41, 5.74) is 4.12. The van der Waals surface area contributed by atoms with Gasteiger partial charge in [-0.15, -0.1) is 0 Å². The summed E-state index contributed by atoms with van der Waals surface area (Å²) in [5, 5.41) is 4.51. The second kappa shape index (κ2) is 8.19. The molecule has 0 atom stereocenters. The van der Waals surface area contributed by atoms with Crippen molar-refractivity contribution in [2.75, 3.05) is 13.7 Å². The average molecular weight is 333 g/mol. The Kier molecular flexibility index (Phi) is 6.00. The van der Waals surface area contributed by atoms with E-state index >= 15 is 0 Å². The normalized spacial score (nSPS) is 10.6. The lowest BCUT2D eigenvalue weighted by atomic mass is 10.2. The Bertz CT molecular complexity index is 699. The first-order valence-electron chi connectivity index (χ1n) is 6.93. The van der Waals surface area contributed by atoms with Gasteiger partial charge in [0.2, 0.25) is 0 Å². The van der Waals surface area contributed by atoms with E-state index in [9.17, 15) is 4.79 Å². The summed E-state index contributed by atoms with van der Waals surface area (Å²) in [6.45, 7) is 1.74. The molecule has 120 valence electrons. The van der Waals surface area contributed by atoms with Gasteiger partial charge in [0.25, 0.3) is 5.91 Å². The first kappa shape index (κ1) is 16.8. The van der Waals surface area contributed by atoms with Crippen LogP contribution >= 0.6 is 11.6 Å². The zero-order valence-corrected chi connectivity index (χ0v) is 13.6. The average Bonchev–Trinajstić information content (AvgIpc) is 2.54. The standard InChI is InChI=1S/C17H17ClN2O3/c1-12-9-14(18)5-8-16(12)23-11-17(21)20-19-10-13-3-6-15(22-2)7-4-13/h3-10H,11H2,1-2H3,(H,20,21). The first-order valence-corrected chi connectivity index (χ1v) is 7.31. The Morgan fingerprint density at radius 1 is 1.26 bits per heavy atom. The predicted molar refractivity (Wildman–Crippen MR) is 90.4 cm³/mol. The maximum atomic E-state index is 11.7. The second-order valence-electron chi connectivity index (χ2n) is 4.76. The van der Waals surface area contributed by atoms with Crippen LogP contribution in [-0.2, 0) is 4.79 Å². The minimum absolute atomic E-state index is 0.123. The van der Waals surface area contributed by atoms with Crippen molar-refractivity contribution in [3.8, 4) is 11.5 Å². The Morgan fingerprint density at radius 2 is 2.00 bits per heavy atom. The third-order valence-electron chi connectivity index (χ3n) is 3.01. The molecule has 2 rings (SSSR count). The summed E-state index contributed by atoms with van der Waals surface area (Å²) in [5.74, 6) is 1.03. The number of hydrogen-bond donors (Lipinski definition) is 1. The van der Waals surface area contributed by atoms with Crippen molar-refractivity contribution in [3.05, 3.63) is 58.6 Å². The maximum absolute atomic E-state index is 11.7. The van der Waals surface area contributed by atoms with Gasteiger partial charge in [-0.25, -0.2) is 5.43 Å². The van der Waals surface area contributed by atoms with Crippen molar-refractivity contribution >= 4 is 23.7 Å². The fourth-order valence-corrected chi connectivity index (χ4v) is 2.05. The van der Waals surface area contributed by atoms with Crippen molar-refractivity contribution in [1.29, 1.82) is 0 Å². The molecule has 1 N–H and O–H groups in total. The van der Waals surface area contributed by atoms with Crippen LogP contribution in [0.3, 0.4) is 0 Å². The minimum atomic E-state index is -0.343. The summed E-state index contributed by atoms with van der Waals surface area (Å²) in [4.78, 5) is 11.7. The van der Waals surface area contributed by atoms with Gasteiger partial charge in [-0.1, -0.05) is 11.6 Å². The van der Waals surface area contributed by atoms with Crippen molar-refractivity contribution in [2.24, 2.45) is 5.10 Å². The number of rotatable bonds is 6. The van der Waals surface area contributed by atoms with Gasteiger partial charge in [0, 0.05) is 5.02 Å². The first-order chi connectivity index (χ1) is 11.1. The van der Waals surface area contributed by atoms with Crippen molar-refractivity contribution in [1.82, 2.24) is 5.43 Å². The van der Waals surface area contributed by atoms with E-state index in [2.05, 4.69) is 10.5 Å². The molecule has 5 nitrogen and oxygen atoms in total. The molecule has 0 saturated carbocycles. The Morgan fingerprint density at radius 3 is 2.65 bits per heavy atom. The Hall–Kier alpha value is -2.53. The zero-order chi connectivity index (χ0) is 16.7. The van der Waals surface area contributed by atoms with E-state index in [-0.39, 0.29) is 12.5 Å². The van der Waals surface area contributed by atoms with Crippen LogP contribution in [0.15, 0.2) is 47.6 Å². The molecule has 0 saturated heterocycles. The second-order valence-corrected chi connectivity index (χ2v) is 5.20. The number of carbonyl (C=O) groups excluding carboxylic acids is 1. The van der Waals surface area contributed by atoms with Crippen LogP contribution in [0.2, 0.25) is 5.02 Å². The molecule has 0 unspecified atom stereocenters. The third kappa shape index (κ3) is 5.30. The number of hydrogen-bond acceptors (Lipinski definition) is 4. The number of carbonyl (C=O) groups is 1. The number of halogens is 1. The van der Waals surface area contributed by atoms with Crippen LogP contribution in [-0.4, -0.2) is 25.8 Å². The molecule has 2 aromatic rings. The molecule has 0 heterocycles. The molecule has 0 aliphatic heterocycles. The smallest absolute Gasteiger partial charge is 0.277 e. The third-order valence-corrected chi connectivity index (χ3v) is 3.25. The van der Waals surface area contributed by atoms with Crippen LogP contribution in [0.1, 0.15) is 11.1 Å². The SMILES string of the molecule is COc1ccc(C=NNC(=O)COc2ccc(Cl)cc2C)cc1. The molecule has 1 amide bonds. The molecule has 0 spiro atoms. The molecule has 0 radical (unpaired) electrons. The number of amides is 1. The number of benzene rings is 2. The van der Waals surface area contributed by atoms with Gasteiger partial charge in [0.05, 0.1) is 13.3 Å². The van der Waals surface area contributed by atoms with E-state index in [1.165, 1.54) is 0 Å². The lowest BCUT2D eigenvalue weighted by Crippen LogP contribution is -2.24. The quantitative estimate of drug-likeness (QED) is 0.653. The van der Waals surface area contributed by atoms with Gasteiger partial charge in [0.15, 0.2) is 6.61 Å². The van der Waals surface area contributed by atoms with Gasteiger partial charge in [-0.05, 0) is 60.5 Å². The van der Waals surface area contributed by atoms with Gasteiger partial charge in [0.1, 0.15) is 11.5 Å². The lowest BCUT2D eigenvalue weighted by Gasteiger charge is -2.08. The summed E-state index contributed by atoms with van der Waals surface area (Å²) < 4.78 is 10.5. The maximum Gasteiger partial charge on any atom is 0.277 e. The van der Waals surface area contributed by atoms with Gasteiger partial charge in [-0.3, -0.25) is 4.79 Å². The molecule has 0 bridgehead atoms. The highest BCUT2D eigenvalue weighted by atomic mass is 35.5. The monoisotopic (exact) mass is 332 g/mol. The Balaban J connectivity index is 1.81. The molecular formula is C17H17ClN2O3. The van der Waals surface area contributed by atoms with E-state index in [1.54, 1.807) is 31.5 Å². The molecule has 0 fully saturated rings. The van der Waals surface area contributed by atoms with Crippen molar-refractivity contribution in [2.45, 2.75) is 6.92 Å². The fraction of sp³-hybridized carbons (Fsp3) is 0.176. The van der Waals surface area contributed by atoms with Gasteiger partial charge in [-0.2, -0.15) is 5.10 Å². The highest BCUT2D eigenvalue weighted by Crippen LogP contribution is 2.21. The molecule has 6 heteroatoms. The van der Waals surface area contributed by atoms with Crippen molar-refractivity contribution in [3.63, 3.8) is 0 Å². The molecular weight excluding hydrogens is 316 g/mol. The molecule has 23 heavy (non-hydrogen) atoms. The largest absolute Gasteiger partial charge is 0.497 e. The van der Waals surface area contributed by atoms with Crippen LogP contribution < -0.4 is 14.9 Å². The molecule has 0 aromatic heterocycles. The number of hydrazone groups is 1. The van der Waals surface area contributed by atoms with Crippen LogP contribution in [0.4, 0.5) is 0 Å². The topological polar surface area (TPSA) is 59.9 Å². The summed E-state index contributed by atoms with van der Waals surface area (Å²) >= 11 is 5.86. The van der Waals surface area contributed by atoms with Gasteiger partial charge < -0.3 is 9.47 Å². The van der Waals surface area contributed by atoms with E-state index < -0.39 is 0 Å². The van der Waals surface area contributed by atoms with E-state index in [0.29, 0.717) is 10.8 Å². The highest BCUT2D eigenvalue weighted by molar-refractivity contribution is 6.30. The summed E-state index contributed by atoms with van der Waals surface area (Å²) in [6.07, 6.45) is 1.55. The number of ether oxygens (including phenoxy) is 2. The predicted octanol–water partition coefficient (Wildman–Crippen LogP) is 3.19. The fourth-order valence-electron chi connectivity index (χ4n) is 1.82. The number of methoxy groups -OCH3 is 1. The summed E-state index contributed by atoms with van der Waals surface area (Å²) in [7, 11) is 1.60. The molecule has 0 aliphatic rings.